The molecule has 4 heteroatoms. The van der Waals surface area contributed by atoms with Crippen molar-refractivity contribution >= 4 is 17.7 Å². The fourth-order valence-electron chi connectivity index (χ4n) is 1.46. The normalized spacial score (nSPS) is 14.4. The number of hydrogen-bond acceptors (Lipinski definition) is 3. The van der Waals surface area contributed by atoms with Crippen LogP contribution in [0.5, 0.6) is 0 Å². The van der Waals surface area contributed by atoms with Crippen LogP contribution in [0.4, 0.5) is 0 Å². The molecule has 0 saturated heterocycles. The van der Waals surface area contributed by atoms with Gasteiger partial charge in [-0.3, -0.25) is 4.79 Å². The summed E-state index contributed by atoms with van der Waals surface area (Å²) in [5, 5.41) is 9.26. The van der Waals surface area contributed by atoms with E-state index in [1.807, 2.05) is 30.3 Å². The van der Waals surface area contributed by atoms with E-state index in [9.17, 15) is 9.90 Å². The van der Waals surface area contributed by atoms with Gasteiger partial charge in [-0.15, -0.1) is 11.8 Å². The molecule has 1 aromatic carbocycles. The summed E-state index contributed by atoms with van der Waals surface area (Å²) in [4.78, 5) is 11.3. The Labute approximate surface area is 100 Å². The van der Waals surface area contributed by atoms with Crippen LogP contribution in [0, 0.1) is 0 Å². The van der Waals surface area contributed by atoms with E-state index in [-0.39, 0.29) is 0 Å². The molecule has 0 amide bonds. The molecule has 0 spiro atoms. The minimum Gasteiger partial charge on any atom is -0.480 e. The monoisotopic (exact) mass is 239 g/mol. The molecule has 88 valence electrons. The smallest absolute Gasteiger partial charge is 0.319 e. The fraction of sp³-hybridized carbons (Fsp3) is 0.417. The topological polar surface area (TPSA) is 63.3 Å². The number of benzene rings is 1. The van der Waals surface area contributed by atoms with E-state index < -0.39 is 10.7 Å². The second-order valence-corrected chi connectivity index (χ2v) is 5.43. The van der Waals surface area contributed by atoms with E-state index in [1.165, 1.54) is 11.8 Å². The van der Waals surface area contributed by atoms with Gasteiger partial charge in [0.2, 0.25) is 0 Å². The lowest BCUT2D eigenvalue weighted by molar-refractivity contribution is -0.139. The lowest BCUT2D eigenvalue weighted by Gasteiger charge is -2.24. The van der Waals surface area contributed by atoms with Gasteiger partial charge in [0, 0.05) is 12.3 Å². The third-order valence-electron chi connectivity index (χ3n) is 2.38. The molecule has 1 unspecified atom stereocenters. The molecule has 0 radical (unpaired) electrons. The van der Waals surface area contributed by atoms with Crippen molar-refractivity contribution < 1.29 is 9.90 Å². The predicted molar refractivity (Wildman–Crippen MR) is 67.7 cm³/mol. The minimum atomic E-state index is -0.791. The third kappa shape index (κ3) is 3.54. The molecule has 0 aliphatic rings. The van der Waals surface area contributed by atoms with Gasteiger partial charge >= 0.3 is 5.97 Å². The molecule has 0 aliphatic carbocycles. The Kier molecular flexibility index (Phi) is 4.83. The number of carboxylic acids is 1. The molecule has 3 N–H and O–H groups in total. The SMILES string of the molecule is CC(Cc1ccccc1)(SCCN)C(=O)O. The van der Waals surface area contributed by atoms with Crippen molar-refractivity contribution in [3.8, 4) is 0 Å². The predicted octanol–water partition coefficient (Wildman–Crippen LogP) is 1.76. The number of hydrogen-bond donors (Lipinski definition) is 2. The fourth-order valence-corrected chi connectivity index (χ4v) is 2.42. The van der Waals surface area contributed by atoms with Crippen LogP contribution in [-0.4, -0.2) is 28.1 Å². The second-order valence-electron chi connectivity index (χ2n) is 3.84. The maximum Gasteiger partial charge on any atom is 0.319 e. The maximum absolute atomic E-state index is 11.3. The summed E-state index contributed by atoms with van der Waals surface area (Å²) in [5.74, 6) is -0.120. The highest BCUT2D eigenvalue weighted by molar-refractivity contribution is 8.01. The number of aliphatic carboxylic acids is 1. The number of carboxylic acid groups (broad SMARTS) is 1. The third-order valence-corrected chi connectivity index (χ3v) is 3.77. The zero-order chi connectivity index (χ0) is 12.0. The lowest BCUT2D eigenvalue weighted by Crippen LogP contribution is -2.35. The molecule has 3 nitrogen and oxygen atoms in total. The molecule has 16 heavy (non-hydrogen) atoms. The summed E-state index contributed by atoms with van der Waals surface area (Å²) >= 11 is 1.40. The summed E-state index contributed by atoms with van der Waals surface area (Å²) in [6, 6.07) is 9.67. The van der Waals surface area contributed by atoms with Crippen molar-refractivity contribution in [2.24, 2.45) is 5.73 Å². The molecule has 0 fully saturated rings. The Morgan fingerprint density at radius 3 is 2.56 bits per heavy atom. The van der Waals surface area contributed by atoms with Crippen molar-refractivity contribution in [1.29, 1.82) is 0 Å². The number of nitrogens with two attached hydrogens (primary N) is 1. The molecule has 0 aromatic heterocycles. The van der Waals surface area contributed by atoms with Gasteiger partial charge in [-0.2, -0.15) is 0 Å². The highest BCUT2D eigenvalue weighted by atomic mass is 32.2. The van der Waals surface area contributed by atoms with E-state index in [4.69, 9.17) is 5.73 Å². The number of carbonyl (C=O) groups is 1. The Morgan fingerprint density at radius 1 is 1.44 bits per heavy atom. The van der Waals surface area contributed by atoms with Crippen molar-refractivity contribution in [1.82, 2.24) is 0 Å². The Morgan fingerprint density at radius 2 is 2.06 bits per heavy atom. The Hall–Kier alpha value is -1.00. The van der Waals surface area contributed by atoms with Crippen LogP contribution in [0.2, 0.25) is 0 Å². The van der Waals surface area contributed by atoms with Gasteiger partial charge in [0.25, 0.3) is 0 Å². The first-order valence-electron chi connectivity index (χ1n) is 5.20. The Balaban J connectivity index is 2.75. The van der Waals surface area contributed by atoms with E-state index in [2.05, 4.69) is 0 Å². The van der Waals surface area contributed by atoms with Gasteiger partial charge in [0.15, 0.2) is 0 Å². The molecular formula is C12H17NO2S. The van der Waals surface area contributed by atoms with Gasteiger partial charge in [-0.1, -0.05) is 30.3 Å². The van der Waals surface area contributed by atoms with Crippen molar-refractivity contribution in [2.75, 3.05) is 12.3 Å². The first-order chi connectivity index (χ1) is 7.58. The highest BCUT2D eigenvalue weighted by Gasteiger charge is 2.33. The van der Waals surface area contributed by atoms with Crippen LogP contribution in [0.15, 0.2) is 30.3 Å². The lowest BCUT2D eigenvalue weighted by atomic mass is 10.0. The summed E-state index contributed by atoms with van der Waals surface area (Å²) < 4.78 is -0.791. The standard InChI is InChI=1S/C12H17NO2S/c1-12(11(14)15,16-8-7-13)9-10-5-3-2-4-6-10/h2-6H,7-9,13H2,1H3,(H,14,15). The molecule has 1 aromatic rings. The van der Waals surface area contributed by atoms with Gasteiger partial charge in [-0.25, -0.2) is 0 Å². The summed E-state index contributed by atoms with van der Waals surface area (Å²) in [5.41, 5.74) is 6.45. The van der Waals surface area contributed by atoms with Crippen LogP contribution in [0.1, 0.15) is 12.5 Å². The first kappa shape index (κ1) is 13.1. The second kappa shape index (κ2) is 5.92. The largest absolute Gasteiger partial charge is 0.480 e. The molecule has 0 aliphatic heterocycles. The van der Waals surface area contributed by atoms with Crippen LogP contribution in [0.25, 0.3) is 0 Å². The summed E-state index contributed by atoms with van der Waals surface area (Å²) in [6.45, 7) is 2.25. The molecule has 1 rings (SSSR count). The maximum atomic E-state index is 11.3. The highest BCUT2D eigenvalue weighted by Crippen LogP contribution is 2.29. The zero-order valence-electron chi connectivity index (χ0n) is 9.35. The van der Waals surface area contributed by atoms with E-state index in [0.717, 1.165) is 5.56 Å². The van der Waals surface area contributed by atoms with E-state index >= 15 is 0 Å². The van der Waals surface area contributed by atoms with Gasteiger partial charge in [0.05, 0.1) is 0 Å². The quantitative estimate of drug-likeness (QED) is 0.794. The molecule has 0 heterocycles. The van der Waals surface area contributed by atoms with Crippen molar-refractivity contribution in [3.05, 3.63) is 35.9 Å². The summed E-state index contributed by atoms with van der Waals surface area (Å²) in [7, 11) is 0. The molecule has 0 saturated carbocycles. The Bertz CT molecular complexity index is 342. The van der Waals surface area contributed by atoms with Gasteiger partial charge < -0.3 is 10.8 Å². The molecule has 0 bridgehead atoms. The zero-order valence-corrected chi connectivity index (χ0v) is 10.2. The van der Waals surface area contributed by atoms with E-state index in [0.29, 0.717) is 18.7 Å². The first-order valence-corrected chi connectivity index (χ1v) is 6.18. The van der Waals surface area contributed by atoms with Crippen LogP contribution >= 0.6 is 11.8 Å². The number of rotatable bonds is 6. The van der Waals surface area contributed by atoms with Crippen LogP contribution < -0.4 is 5.73 Å². The van der Waals surface area contributed by atoms with Crippen molar-refractivity contribution in [2.45, 2.75) is 18.1 Å². The summed E-state index contributed by atoms with van der Waals surface area (Å²) in [6.07, 6.45) is 0.522. The van der Waals surface area contributed by atoms with Gasteiger partial charge in [0.1, 0.15) is 4.75 Å². The minimum absolute atomic E-state index is 0.502. The van der Waals surface area contributed by atoms with Crippen LogP contribution in [-0.2, 0) is 11.2 Å². The number of thioether (sulfide) groups is 1. The average Bonchev–Trinajstić information content (AvgIpc) is 2.27. The molecule has 1 atom stereocenters. The molecular weight excluding hydrogens is 222 g/mol. The van der Waals surface area contributed by atoms with Gasteiger partial charge in [-0.05, 0) is 18.9 Å². The van der Waals surface area contributed by atoms with E-state index in [1.54, 1.807) is 6.92 Å². The average molecular weight is 239 g/mol. The van der Waals surface area contributed by atoms with Crippen molar-refractivity contribution in [3.63, 3.8) is 0 Å². The van der Waals surface area contributed by atoms with Crippen LogP contribution in [0.3, 0.4) is 0 Å².